The van der Waals surface area contributed by atoms with Crippen molar-refractivity contribution >= 4 is 21.5 Å². The average molecular weight is 492 g/mol. The Morgan fingerprint density at radius 3 is 2.05 bits per heavy atom. The largest absolute Gasteiger partial charge is 0.157 e. The second-order valence-electron chi connectivity index (χ2n) is 11.3. The van der Waals surface area contributed by atoms with Crippen molar-refractivity contribution in [2.75, 3.05) is 35.2 Å². The zero-order valence-electron chi connectivity index (χ0n) is 22.8. The number of aromatic nitrogens is 1. The fourth-order valence-electron chi connectivity index (χ4n) is 6.84. The molecule has 0 bridgehead atoms. The first-order chi connectivity index (χ1) is 17.9. The van der Waals surface area contributed by atoms with Gasteiger partial charge in [0.25, 0.3) is 0 Å². The van der Waals surface area contributed by atoms with Crippen molar-refractivity contribution in [1.29, 1.82) is 0 Å². The summed E-state index contributed by atoms with van der Waals surface area (Å²) in [4.78, 5) is 0.534. The lowest BCUT2D eigenvalue weighted by molar-refractivity contribution is -0.189. The van der Waals surface area contributed by atoms with Crippen LogP contribution in [0.25, 0.3) is 32.8 Å². The van der Waals surface area contributed by atoms with Gasteiger partial charge in [-0.05, 0) is 76.8 Å². The number of hydrogen-bond donors (Lipinski definition) is 0. The van der Waals surface area contributed by atoms with Gasteiger partial charge < -0.3 is 0 Å². The van der Waals surface area contributed by atoms with Gasteiger partial charge in [-0.25, -0.2) is 0 Å². The predicted octanol–water partition coefficient (Wildman–Crippen LogP) is 6.79. The Labute approximate surface area is 221 Å². The molecule has 3 aromatic carbocycles. The van der Waals surface area contributed by atoms with Gasteiger partial charge >= 0.3 is 0 Å². The van der Waals surface area contributed by atoms with Crippen molar-refractivity contribution in [3.8, 4) is 11.3 Å². The molecule has 4 nitrogen and oxygen atoms in total. The number of hydrogen-bond acceptors (Lipinski definition) is 2. The Hall–Kier alpha value is -3.18. The summed E-state index contributed by atoms with van der Waals surface area (Å²) in [6.45, 7) is 0. The summed E-state index contributed by atoms with van der Waals surface area (Å²) in [5.74, 6) is 2.01. The Kier molecular flexibility index (Phi) is 6.07. The lowest BCUT2D eigenvalue weighted by Gasteiger charge is -2.44. The van der Waals surface area contributed by atoms with Gasteiger partial charge in [0, 0.05) is 33.8 Å². The van der Waals surface area contributed by atoms with Crippen molar-refractivity contribution in [1.82, 2.24) is 19.5 Å². The monoisotopic (exact) mass is 491 g/mol. The number of allylic oxidation sites excluding steroid dienone is 4. The quantitative estimate of drug-likeness (QED) is 0.167. The molecule has 1 saturated carbocycles. The summed E-state index contributed by atoms with van der Waals surface area (Å²) in [6, 6.07) is 24.8. The summed E-state index contributed by atoms with van der Waals surface area (Å²) >= 11 is 0. The molecule has 0 radical (unpaired) electrons. The summed E-state index contributed by atoms with van der Waals surface area (Å²) in [6.07, 6.45) is 13.0. The summed E-state index contributed by atoms with van der Waals surface area (Å²) in [5, 5.41) is 9.76. The Morgan fingerprint density at radius 1 is 0.784 bits per heavy atom. The highest BCUT2D eigenvalue weighted by molar-refractivity contribution is 6.12. The molecule has 4 heteroatoms. The Balaban J connectivity index is 1.60. The summed E-state index contributed by atoms with van der Waals surface area (Å²) in [5.41, 5.74) is 3.98. The fourth-order valence-corrected chi connectivity index (χ4v) is 6.84. The molecule has 0 spiro atoms. The SMILES string of the molecule is CN(C)[N+](C)(N(C)C)n1c(CC2CCC3C=CC=CC32)ccc1-c1c2ccccc2cc2ccccc12. The van der Waals surface area contributed by atoms with Crippen LogP contribution in [0.2, 0.25) is 0 Å². The van der Waals surface area contributed by atoms with E-state index in [-0.39, 0.29) is 0 Å². The van der Waals surface area contributed by atoms with Gasteiger partial charge in [0.15, 0.2) is 0 Å². The highest BCUT2D eigenvalue weighted by Crippen LogP contribution is 2.44. The molecule has 0 amide bonds. The molecule has 6 rings (SSSR count). The van der Waals surface area contributed by atoms with Crippen molar-refractivity contribution in [2.45, 2.75) is 19.3 Å². The van der Waals surface area contributed by atoms with E-state index in [2.05, 4.69) is 141 Å². The van der Waals surface area contributed by atoms with E-state index in [1.807, 2.05) is 0 Å². The third-order valence-electron chi connectivity index (χ3n) is 9.04. The summed E-state index contributed by atoms with van der Waals surface area (Å²) in [7, 11) is 11.0. The van der Waals surface area contributed by atoms with Gasteiger partial charge in [-0.15, -0.1) is 10.0 Å². The van der Waals surface area contributed by atoms with Gasteiger partial charge in [-0.3, -0.25) is 0 Å². The van der Waals surface area contributed by atoms with Crippen LogP contribution in [-0.2, 0) is 6.42 Å². The van der Waals surface area contributed by atoms with Crippen LogP contribution in [0.15, 0.2) is 91.0 Å². The standard InChI is InChI=1S/C33H39N4/c1-34(2)37(5,35(3)4)36-28(23-27-19-18-24-12-6-9-15-29(24)27)20-21-32(36)33-30-16-10-7-13-25(30)22-26-14-8-11-17-31(26)33/h6-17,20-22,24,27,29H,18-19,23H2,1-5H3/q+1. The molecule has 3 atom stereocenters. The zero-order valence-corrected chi connectivity index (χ0v) is 22.8. The van der Waals surface area contributed by atoms with Gasteiger partial charge in [0.2, 0.25) is 0 Å². The molecule has 0 N–H and O–H groups in total. The van der Waals surface area contributed by atoms with Crippen molar-refractivity contribution in [3.05, 3.63) is 96.7 Å². The van der Waals surface area contributed by atoms with E-state index >= 15 is 0 Å². The third kappa shape index (κ3) is 3.86. The molecular formula is C33H39N4+. The molecule has 3 unspecified atom stereocenters. The highest BCUT2D eigenvalue weighted by Gasteiger charge is 2.39. The van der Waals surface area contributed by atoms with Crippen LogP contribution in [0.5, 0.6) is 0 Å². The normalized spacial score (nSPS) is 21.5. The number of rotatable bonds is 6. The number of nitrogens with zero attached hydrogens (tertiary/aromatic N) is 4. The summed E-state index contributed by atoms with van der Waals surface area (Å²) < 4.78 is 2.57. The number of quaternary nitrogens is 1. The number of fused-ring (bicyclic) bond motifs is 3. The third-order valence-corrected chi connectivity index (χ3v) is 9.04. The first-order valence-electron chi connectivity index (χ1n) is 13.6. The molecule has 1 heterocycles. The minimum atomic E-state index is 0.534. The Bertz CT molecular complexity index is 1440. The molecule has 2 aliphatic rings. The fraction of sp³-hybridized carbons (Fsp3) is 0.333. The molecule has 1 aromatic heterocycles. The topological polar surface area (TPSA) is 11.4 Å². The average Bonchev–Trinajstić information content (AvgIpc) is 3.51. The van der Waals surface area contributed by atoms with Crippen molar-refractivity contribution in [2.24, 2.45) is 17.8 Å². The van der Waals surface area contributed by atoms with Gasteiger partial charge in [-0.2, -0.15) is 4.68 Å². The molecular weight excluding hydrogens is 452 g/mol. The number of benzene rings is 3. The van der Waals surface area contributed by atoms with E-state index in [1.165, 1.54) is 51.3 Å². The molecule has 2 aliphatic carbocycles. The van der Waals surface area contributed by atoms with Crippen molar-refractivity contribution in [3.63, 3.8) is 0 Å². The maximum absolute atomic E-state index is 2.57. The van der Waals surface area contributed by atoms with Crippen LogP contribution in [0.3, 0.4) is 0 Å². The highest BCUT2D eigenvalue weighted by atomic mass is 16.1. The smallest absolute Gasteiger partial charge is 0.131 e. The van der Waals surface area contributed by atoms with Crippen LogP contribution in [0.1, 0.15) is 18.5 Å². The van der Waals surface area contributed by atoms with Crippen molar-refractivity contribution < 1.29 is 0 Å². The molecule has 190 valence electrons. The minimum absolute atomic E-state index is 0.534. The second-order valence-corrected chi connectivity index (χ2v) is 11.3. The van der Waals surface area contributed by atoms with Gasteiger partial charge in [0.05, 0.1) is 5.69 Å². The van der Waals surface area contributed by atoms with E-state index < -0.39 is 0 Å². The van der Waals surface area contributed by atoms with E-state index in [1.54, 1.807) is 0 Å². The van der Waals surface area contributed by atoms with Gasteiger partial charge in [-0.1, -0.05) is 77.6 Å². The van der Waals surface area contributed by atoms with Crippen LogP contribution in [0.4, 0.5) is 0 Å². The van der Waals surface area contributed by atoms with Crippen LogP contribution in [-0.4, -0.2) is 49.9 Å². The first-order valence-corrected chi connectivity index (χ1v) is 13.6. The second kappa shape index (κ2) is 9.29. The first kappa shape index (κ1) is 24.2. The maximum Gasteiger partial charge on any atom is 0.131 e. The maximum atomic E-state index is 2.57. The zero-order chi connectivity index (χ0) is 25.7. The van der Waals surface area contributed by atoms with Crippen LogP contribution in [0, 0.1) is 17.8 Å². The Morgan fingerprint density at radius 2 is 1.41 bits per heavy atom. The lowest BCUT2D eigenvalue weighted by atomic mass is 9.84. The minimum Gasteiger partial charge on any atom is -0.157 e. The van der Waals surface area contributed by atoms with Crippen LogP contribution < -0.4 is 4.81 Å². The van der Waals surface area contributed by atoms with Crippen LogP contribution >= 0.6 is 0 Å². The molecule has 0 saturated heterocycles. The predicted molar refractivity (Wildman–Crippen MR) is 157 cm³/mol. The van der Waals surface area contributed by atoms with E-state index in [9.17, 15) is 0 Å². The van der Waals surface area contributed by atoms with E-state index in [0.29, 0.717) is 22.6 Å². The van der Waals surface area contributed by atoms with E-state index in [0.717, 1.165) is 6.42 Å². The molecule has 0 aliphatic heterocycles. The van der Waals surface area contributed by atoms with Gasteiger partial charge in [0.1, 0.15) is 12.7 Å². The molecule has 37 heavy (non-hydrogen) atoms. The molecule has 1 fully saturated rings. The molecule has 4 aromatic rings. The lowest BCUT2D eigenvalue weighted by Crippen LogP contribution is -2.70. The van der Waals surface area contributed by atoms with E-state index in [4.69, 9.17) is 0 Å².